The number of hydrogen-bond donors (Lipinski definition) is 0. The predicted octanol–water partition coefficient (Wildman–Crippen LogP) is 2.15. The van der Waals surface area contributed by atoms with E-state index in [0.29, 0.717) is 11.7 Å². The Morgan fingerprint density at radius 1 is 1.30 bits per heavy atom. The second-order valence-electron chi connectivity index (χ2n) is 4.78. The summed E-state index contributed by atoms with van der Waals surface area (Å²) in [6.45, 7) is 0. The lowest BCUT2D eigenvalue weighted by Gasteiger charge is -2.03. The molecule has 0 spiro atoms. The number of aryl methyl sites for hydroxylation is 1. The van der Waals surface area contributed by atoms with Gasteiger partial charge in [0.15, 0.2) is 6.10 Å². The van der Waals surface area contributed by atoms with Crippen LogP contribution in [0.1, 0.15) is 17.6 Å². The molecule has 2 aromatic heterocycles. The van der Waals surface area contributed by atoms with Crippen LogP contribution in [-0.4, -0.2) is 19.9 Å². The van der Waals surface area contributed by atoms with E-state index in [4.69, 9.17) is 9.26 Å². The van der Waals surface area contributed by atoms with Gasteiger partial charge in [-0.25, -0.2) is 0 Å². The van der Waals surface area contributed by atoms with Crippen LogP contribution in [0, 0.1) is 0 Å². The molecule has 3 heterocycles. The van der Waals surface area contributed by atoms with Crippen molar-refractivity contribution < 1.29 is 9.26 Å². The van der Waals surface area contributed by atoms with E-state index in [9.17, 15) is 0 Å². The SMILES string of the molecule is Cn1cc(-c2noc(C3Cc4ccccc4O3)n2)cn1. The number of aromatic nitrogens is 4. The fourth-order valence-electron chi connectivity index (χ4n) is 2.34. The van der Waals surface area contributed by atoms with E-state index >= 15 is 0 Å². The average Bonchev–Trinajstić information content (AvgIpc) is 3.16. The molecule has 20 heavy (non-hydrogen) atoms. The molecule has 0 saturated carbocycles. The van der Waals surface area contributed by atoms with Gasteiger partial charge in [-0.1, -0.05) is 23.4 Å². The molecule has 4 rings (SSSR count). The van der Waals surface area contributed by atoms with Crippen LogP contribution in [0.5, 0.6) is 5.75 Å². The lowest BCUT2D eigenvalue weighted by atomic mass is 10.1. The van der Waals surface area contributed by atoms with Gasteiger partial charge in [0.05, 0.1) is 11.8 Å². The minimum Gasteiger partial charge on any atom is -0.480 e. The van der Waals surface area contributed by atoms with Gasteiger partial charge < -0.3 is 9.26 Å². The van der Waals surface area contributed by atoms with Crippen molar-refractivity contribution in [1.29, 1.82) is 0 Å². The summed E-state index contributed by atoms with van der Waals surface area (Å²) in [4.78, 5) is 4.40. The maximum atomic E-state index is 5.83. The van der Waals surface area contributed by atoms with E-state index < -0.39 is 0 Å². The lowest BCUT2D eigenvalue weighted by Crippen LogP contribution is -2.03. The zero-order chi connectivity index (χ0) is 13.5. The minimum atomic E-state index is -0.203. The topological polar surface area (TPSA) is 66.0 Å². The van der Waals surface area contributed by atoms with Crippen molar-refractivity contribution in [2.75, 3.05) is 0 Å². The van der Waals surface area contributed by atoms with Gasteiger partial charge in [-0.3, -0.25) is 4.68 Å². The van der Waals surface area contributed by atoms with Gasteiger partial charge in [-0.05, 0) is 11.6 Å². The molecule has 1 unspecified atom stereocenters. The van der Waals surface area contributed by atoms with Crippen LogP contribution < -0.4 is 4.74 Å². The molecule has 6 nitrogen and oxygen atoms in total. The molecule has 3 aromatic rings. The normalized spacial score (nSPS) is 16.9. The Hall–Kier alpha value is -2.63. The summed E-state index contributed by atoms with van der Waals surface area (Å²) in [7, 11) is 1.85. The lowest BCUT2D eigenvalue weighted by molar-refractivity contribution is 0.183. The zero-order valence-electron chi connectivity index (χ0n) is 10.9. The Morgan fingerprint density at radius 2 is 2.20 bits per heavy atom. The summed E-state index contributed by atoms with van der Waals surface area (Å²) in [5.74, 6) is 1.92. The largest absolute Gasteiger partial charge is 0.480 e. The van der Waals surface area contributed by atoms with Crippen LogP contribution in [0.4, 0.5) is 0 Å². The molecule has 1 aromatic carbocycles. The number of rotatable bonds is 2. The molecule has 0 saturated heterocycles. The van der Waals surface area contributed by atoms with Crippen LogP contribution >= 0.6 is 0 Å². The molecule has 6 heteroatoms. The summed E-state index contributed by atoms with van der Waals surface area (Å²) in [5, 5.41) is 8.08. The van der Waals surface area contributed by atoms with Gasteiger partial charge in [0.2, 0.25) is 5.82 Å². The summed E-state index contributed by atoms with van der Waals surface area (Å²) < 4.78 is 12.9. The molecule has 100 valence electrons. The van der Waals surface area contributed by atoms with E-state index in [1.54, 1.807) is 10.9 Å². The van der Waals surface area contributed by atoms with Gasteiger partial charge >= 0.3 is 0 Å². The zero-order valence-corrected chi connectivity index (χ0v) is 10.9. The first kappa shape index (κ1) is 11.2. The molecule has 0 radical (unpaired) electrons. The second-order valence-corrected chi connectivity index (χ2v) is 4.78. The van der Waals surface area contributed by atoms with Crippen LogP contribution in [-0.2, 0) is 13.5 Å². The van der Waals surface area contributed by atoms with E-state index in [1.165, 1.54) is 5.56 Å². The van der Waals surface area contributed by atoms with Crippen molar-refractivity contribution in [3.05, 3.63) is 48.1 Å². The summed E-state index contributed by atoms with van der Waals surface area (Å²) in [6.07, 6.45) is 4.10. The molecule has 1 aliphatic heterocycles. The highest BCUT2D eigenvalue weighted by atomic mass is 16.5. The van der Waals surface area contributed by atoms with Crippen LogP contribution in [0.15, 0.2) is 41.2 Å². The number of para-hydroxylation sites is 1. The fourth-order valence-corrected chi connectivity index (χ4v) is 2.34. The molecule has 0 aliphatic carbocycles. The van der Waals surface area contributed by atoms with Crippen LogP contribution in [0.2, 0.25) is 0 Å². The van der Waals surface area contributed by atoms with E-state index in [2.05, 4.69) is 15.2 Å². The highest BCUT2D eigenvalue weighted by Crippen LogP contribution is 2.36. The van der Waals surface area contributed by atoms with Gasteiger partial charge in [0, 0.05) is 19.7 Å². The Morgan fingerprint density at radius 3 is 3.00 bits per heavy atom. The second kappa shape index (κ2) is 4.19. The van der Waals surface area contributed by atoms with E-state index in [-0.39, 0.29) is 6.10 Å². The van der Waals surface area contributed by atoms with Gasteiger partial charge in [0.25, 0.3) is 5.89 Å². The number of ether oxygens (including phenoxy) is 1. The Kier molecular flexibility index (Phi) is 2.35. The first-order valence-corrected chi connectivity index (χ1v) is 6.37. The van der Waals surface area contributed by atoms with Crippen molar-refractivity contribution in [3.63, 3.8) is 0 Å². The number of nitrogens with zero attached hydrogens (tertiary/aromatic N) is 4. The van der Waals surface area contributed by atoms with Crippen LogP contribution in [0.3, 0.4) is 0 Å². The average molecular weight is 268 g/mol. The van der Waals surface area contributed by atoms with Crippen molar-refractivity contribution >= 4 is 0 Å². The van der Waals surface area contributed by atoms with Gasteiger partial charge in [0.1, 0.15) is 5.75 Å². The van der Waals surface area contributed by atoms with E-state index in [1.807, 2.05) is 37.5 Å². The third kappa shape index (κ3) is 1.77. The minimum absolute atomic E-state index is 0.203. The maximum absolute atomic E-state index is 5.83. The first-order chi connectivity index (χ1) is 9.79. The molecule has 1 aliphatic rings. The highest BCUT2D eigenvalue weighted by molar-refractivity contribution is 5.51. The molecule has 0 bridgehead atoms. The number of benzene rings is 1. The van der Waals surface area contributed by atoms with Crippen molar-refractivity contribution in [3.8, 4) is 17.1 Å². The standard InChI is InChI=1S/C14H12N4O2/c1-18-8-10(7-15-18)13-16-14(20-17-13)12-6-9-4-2-3-5-11(9)19-12/h2-5,7-8,12H,6H2,1H3. The fraction of sp³-hybridized carbons (Fsp3) is 0.214. The monoisotopic (exact) mass is 268 g/mol. The van der Waals surface area contributed by atoms with Gasteiger partial charge in [-0.15, -0.1) is 0 Å². The third-order valence-corrected chi connectivity index (χ3v) is 3.33. The van der Waals surface area contributed by atoms with Crippen molar-refractivity contribution in [1.82, 2.24) is 19.9 Å². The molecule has 0 amide bonds. The molecule has 0 N–H and O–H groups in total. The maximum Gasteiger partial charge on any atom is 0.268 e. The Balaban J connectivity index is 1.61. The van der Waals surface area contributed by atoms with Crippen molar-refractivity contribution in [2.24, 2.45) is 7.05 Å². The summed E-state index contributed by atoms with van der Waals surface area (Å²) >= 11 is 0. The number of fused-ring (bicyclic) bond motifs is 1. The molecule has 0 fully saturated rings. The van der Waals surface area contributed by atoms with Crippen LogP contribution in [0.25, 0.3) is 11.4 Å². The Labute approximate surface area is 115 Å². The summed E-state index contributed by atoms with van der Waals surface area (Å²) in [5.41, 5.74) is 2.00. The quantitative estimate of drug-likeness (QED) is 0.712. The predicted molar refractivity (Wildman–Crippen MR) is 70.0 cm³/mol. The van der Waals surface area contributed by atoms with Crippen molar-refractivity contribution in [2.45, 2.75) is 12.5 Å². The Bertz CT molecular complexity index is 737. The summed E-state index contributed by atoms with van der Waals surface area (Å²) in [6, 6.07) is 7.96. The molecule has 1 atom stereocenters. The smallest absolute Gasteiger partial charge is 0.268 e. The first-order valence-electron chi connectivity index (χ1n) is 6.37. The molecular weight excluding hydrogens is 256 g/mol. The van der Waals surface area contributed by atoms with E-state index in [0.717, 1.165) is 17.7 Å². The highest BCUT2D eigenvalue weighted by Gasteiger charge is 2.29. The molecular formula is C14H12N4O2. The third-order valence-electron chi connectivity index (χ3n) is 3.33. The van der Waals surface area contributed by atoms with Gasteiger partial charge in [-0.2, -0.15) is 10.1 Å². The number of hydrogen-bond acceptors (Lipinski definition) is 5.